The largest absolute Gasteiger partial charge is 0.489 e. The molecule has 0 unspecified atom stereocenters. The molecule has 30 heavy (non-hydrogen) atoms. The Morgan fingerprint density at radius 3 is 2.30 bits per heavy atom. The van der Waals surface area contributed by atoms with Gasteiger partial charge in [0.15, 0.2) is 11.5 Å². The van der Waals surface area contributed by atoms with E-state index in [-0.39, 0.29) is 4.90 Å². The summed E-state index contributed by atoms with van der Waals surface area (Å²) in [5.41, 5.74) is 1.64. The highest BCUT2D eigenvalue weighted by atomic mass is 32.2. The van der Waals surface area contributed by atoms with Crippen LogP contribution in [0.5, 0.6) is 17.2 Å². The lowest BCUT2D eigenvalue weighted by molar-refractivity contribution is 0.171. The van der Waals surface area contributed by atoms with E-state index in [9.17, 15) is 8.42 Å². The lowest BCUT2D eigenvalue weighted by Gasteiger charge is -2.24. The Morgan fingerprint density at radius 1 is 0.900 bits per heavy atom. The van der Waals surface area contributed by atoms with Crippen LogP contribution >= 0.6 is 0 Å². The van der Waals surface area contributed by atoms with Crippen LogP contribution in [0.4, 0.5) is 5.69 Å². The highest BCUT2D eigenvalue weighted by Crippen LogP contribution is 2.34. The predicted octanol–water partition coefficient (Wildman–Crippen LogP) is 4.25. The number of rotatable bonds is 7. The van der Waals surface area contributed by atoms with Crippen molar-refractivity contribution in [2.45, 2.75) is 18.4 Å². The number of fused-ring (bicyclic) bond motifs is 1. The highest BCUT2D eigenvalue weighted by molar-refractivity contribution is 7.92. The number of benzene rings is 3. The number of ether oxygens (including phenoxy) is 3. The topological polar surface area (TPSA) is 65.1 Å². The number of anilines is 1. The second-order valence-electron chi connectivity index (χ2n) is 6.74. The molecule has 7 heteroatoms. The third-order valence-electron chi connectivity index (χ3n) is 4.76. The summed E-state index contributed by atoms with van der Waals surface area (Å²) in [5, 5.41) is 0. The Kier molecular flexibility index (Phi) is 5.81. The van der Waals surface area contributed by atoms with Crippen LogP contribution in [0.1, 0.15) is 12.5 Å². The first kappa shape index (κ1) is 20.1. The summed E-state index contributed by atoms with van der Waals surface area (Å²) >= 11 is 0. The maximum Gasteiger partial charge on any atom is 0.264 e. The van der Waals surface area contributed by atoms with Crippen LogP contribution in [0.15, 0.2) is 77.7 Å². The van der Waals surface area contributed by atoms with Gasteiger partial charge in [-0.05, 0) is 48.9 Å². The molecule has 1 aliphatic heterocycles. The van der Waals surface area contributed by atoms with Gasteiger partial charge in [0, 0.05) is 12.6 Å². The molecule has 0 amide bonds. The van der Waals surface area contributed by atoms with E-state index in [0.717, 1.165) is 5.56 Å². The summed E-state index contributed by atoms with van der Waals surface area (Å²) in [6.45, 7) is 3.40. The standard InChI is InChI=1S/C23H23NO5S/c1-2-24(30(25,26)21-12-13-22-23(16-21)28-15-14-27-22)19-8-10-20(11-9-19)29-17-18-6-4-3-5-7-18/h3-13,16H,2,14-15,17H2,1H3. The molecule has 0 saturated heterocycles. The van der Waals surface area contributed by atoms with Gasteiger partial charge in [0.1, 0.15) is 25.6 Å². The average Bonchev–Trinajstić information content (AvgIpc) is 2.79. The van der Waals surface area contributed by atoms with Gasteiger partial charge >= 0.3 is 0 Å². The second-order valence-corrected chi connectivity index (χ2v) is 8.61. The van der Waals surface area contributed by atoms with Crippen molar-refractivity contribution in [2.24, 2.45) is 0 Å². The zero-order chi connectivity index (χ0) is 21.0. The fourth-order valence-corrected chi connectivity index (χ4v) is 4.74. The third kappa shape index (κ3) is 4.21. The van der Waals surface area contributed by atoms with Gasteiger partial charge < -0.3 is 14.2 Å². The fourth-order valence-electron chi connectivity index (χ4n) is 3.25. The molecule has 3 aromatic carbocycles. The first-order valence-electron chi connectivity index (χ1n) is 9.77. The maximum absolute atomic E-state index is 13.2. The van der Waals surface area contributed by atoms with Gasteiger partial charge in [-0.15, -0.1) is 0 Å². The Labute approximate surface area is 176 Å². The van der Waals surface area contributed by atoms with E-state index in [0.29, 0.717) is 49.3 Å². The zero-order valence-corrected chi connectivity index (χ0v) is 17.5. The SMILES string of the molecule is CCN(c1ccc(OCc2ccccc2)cc1)S(=O)(=O)c1ccc2c(c1)OCCO2. The summed E-state index contributed by atoms with van der Waals surface area (Å²) in [5.74, 6) is 1.68. The van der Waals surface area contributed by atoms with Crippen molar-refractivity contribution in [1.29, 1.82) is 0 Å². The molecule has 0 bridgehead atoms. The van der Waals surface area contributed by atoms with Crippen LogP contribution in [0.2, 0.25) is 0 Å². The normalized spacial score (nSPS) is 13.0. The molecule has 0 aliphatic carbocycles. The van der Waals surface area contributed by atoms with Gasteiger partial charge in [-0.3, -0.25) is 4.31 Å². The second kappa shape index (κ2) is 8.67. The molecule has 0 aromatic heterocycles. The van der Waals surface area contributed by atoms with Gasteiger partial charge in [-0.25, -0.2) is 8.42 Å². The lowest BCUT2D eigenvalue weighted by atomic mass is 10.2. The molecule has 0 fully saturated rings. The Morgan fingerprint density at radius 2 is 1.60 bits per heavy atom. The van der Waals surface area contributed by atoms with Crippen molar-refractivity contribution in [1.82, 2.24) is 0 Å². The van der Waals surface area contributed by atoms with E-state index in [2.05, 4.69) is 0 Å². The molecule has 1 aliphatic rings. The number of hydrogen-bond donors (Lipinski definition) is 0. The van der Waals surface area contributed by atoms with Gasteiger partial charge in [0.05, 0.1) is 10.6 Å². The Balaban J connectivity index is 1.52. The van der Waals surface area contributed by atoms with Crippen LogP contribution in [0.3, 0.4) is 0 Å². The molecular formula is C23H23NO5S. The minimum atomic E-state index is -3.75. The first-order valence-corrected chi connectivity index (χ1v) is 11.2. The summed E-state index contributed by atoms with van der Waals surface area (Å²) in [6, 6.07) is 21.6. The summed E-state index contributed by atoms with van der Waals surface area (Å²) in [7, 11) is -3.75. The molecule has 0 spiro atoms. The molecule has 0 radical (unpaired) electrons. The molecular weight excluding hydrogens is 402 g/mol. The quantitative estimate of drug-likeness (QED) is 0.566. The van der Waals surface area contributed by atoms with E-state index < -0.39 is 10.0 Å². The zero-order valence-electron chi connectivity index (χ0n) is 16.7. The van der Waals surface area contributed by atoms with Gasteiger partial charge in [0.25, 0.3) is 10.0 Å². The minimum Gasteiger partial charge on any atom is -0.489 e. The number of nitrogens with zero attached hydrogens (tertiary/aromatic N) is 1. The van der Waals surface area contributed by atoms with Crippen LogP contribution in [-0.2, 0) is 16.6 Å². The molecule has 4 rings (SSSR count). The van der Waals surface area contributed by atoms with Crippen LogP contribution in [0.25, 0.3) is 0 Å². The van der Waals surface area contributed by atoms with E-state index in [1.807, 2.05) is 30.3 Å². The summed E-state index contributed by atoms with van der Waals surface area (Å²) in [4.78, 5) is 0.165. The highest BCUT2D eigenvalue weighted by Gasteiger charge is 2.26. The third-order valence-corrected chi connectivity index (χ3v) is 6.66. The van der Waals surface area contributed by atoms with Crippen LogP contribution in [0, 0.1) is 0 Å². The molecule has 6 nitrogen and oxygen atoms in total. The van der Waals surface area contributed by atoms with Crippen molar-refractivity contribution >= 4 is 15.7 Å². The van der Waals surface area contributed by atoms with Crippen molar-refractivity contribution in [2.75, 3.05) is 24.1 Å². The molecule has 0 saturated carbocycles. The first-order chi connectivity index (χ1) is 14.6. The Hall–Kier alpha value is -3.19. The average molecular weight is 426 g/mol. The predicted molar refractivity (Wildman–Crippen MR) is 115 cm³/mol. The fraction of sp³-hybridized carbons (Fsp3) is 0.217. The Bertz CT molecular complexity index is 1100. The van der Waals surface area contributed by atoms with Crippen LogP contribution in [-0.4, -0.2) is 28.2 Å². The smallest absolute Gasteiger partial charge is 0.264 e. The van der Waals surface area contributed by atoms with Gasteiger partial charge in [-0.2, -0.15) is 0 Å². The number of hydrogen-bond acceptors (Lipinski definition) is 5. The van der Waals surface area contributed by atoms with E-state index in [4.69, 9.17) is 14.2 Å². The lowest BCUT2D eigenvalue weighted by Crippen LogP contribution is -2.30. The van der Waals surface area contributed by atoms with Gasteiger partial charge in [0.2, 0.25) is 0 Å². The minimum absolute atomic E-state index is 0.165. The van der Waals surface area contributed by atoms with Crippen molar-refractivity contribution in [3.8, 4) is 17.2 Å². The van der Waals surface area contributed by atoms with Crippen molar-refractivity contribution in [3.05, 3.63) is 78.4 Å². The van der Waals surface area contributed by atoms with Crippen molar-refractivity contribution < 1.29 is 22.6 Å². The molecule has 1 heterocycles. The van der Waals surface area contributed by atoms with E-state index in [1.54, 1.807) is 43.3 Å². The molecule has 0 N–H and O–H groups in total. The van der Waals surface area contributed by atoms with Crippen LogP contribution < -0.4 is 18.5 Å². The number of sulfonamides is 1. The molecule has 0 atom stereocenters. The van der Waals surface area contributed by atoms with Gasteiger partial charge in [-0.1, -0.05) is 30.3 Å². The van der Waals surface area contributed by atoms with E-state index >= 15 is 0 Å². The summed E-state index contributed by atoms with van der Waals surface area (Å²) in [6.07, 6.45) is 0. The monoisotopic (exact) mass is 425 g/mol. The summed E-state index contributed by atoms with van der Waals surface area (Å²) < 4.78 is 44.7. The maximum atomic E-state index is 13.2. The van der Waals surface area contributed by atoms with E-state index in [1.165, 1.54) is 10.4 Å². The molecule has 156 valence electrons. The van der Waals surface area contributed by atoms with Crippen molar-refractivity contribution in [3.63, 3.8) is 0 Å². The molecule has 3 aromatic rings.